The predicted molar refractivity (Wildman–Crippen MR) is 51.2 cm³/mol. The standard InChI is InChI=1S/C11H12N/c1-3-12-8-9(2)10-6-4-5-7-11(10)12/h5-8H,3H2,1-2H3. The number of benzene rings is 1. The van der Waals surface area contributed by atoms with E-state index in [0.717, 1.165) is 6.54 Å². The van der Waals surface area contributed by atoms with E-state index in [9.17, 15) is 0 Å². The fourth-order valence-electron chi connectivity index (χ4n) is 1.62. The van der Waals surface area contributed by atoms with Crippen molar-refractivity contribution in [1.29, 1.82) is 0 Å². The SMILES string of the molecule is CCn1cc(C)c2c[c]ccc21. The summed E-state index contributed by atoms with van der Waals surface area (Å²) in [5, 5.41) is 1.32. The van der Waals surface area contributed by atoms with Gasteiger partial charge >= 0.3 is 0 Å². The first-order valence-electron chi connectivity index (χ1n) is 4.28. The monoisotopic (exact) mass is 158 g/mol. The first-order chi connectivity index (χ1) is 5.83. The van der Waals surface area contributed by atoms with E-state index in [2.05, 4.69) is 42.8 Å². The van der Waals surface area contributed by atoms with Crippen molar-refractivity contribution in [2.45, 2.75) is 20.4 Å². The summed E-state index contributed by atoms with van der Waals surface area (Å²) in [5.41, 5.74) is 2.65. The molecule has 1 heteroatoms. The van der Waals surface area contributed by atoms with E-state index in [-0.39, 0.29) is 0 Å². The molecule has 0 N–H and O–H groups in total. The third-order valence-electron chi connectivity index (χ3n) is 2.27. The van der Waals surface area contributed by atoms with Crippen LogP contribution in [0.15, 0.2) is 24.4 Å². The second kappa shape index (κ2) is 2.67. The van der Waals surface area contributed by atoms with Crippen LogP contribution in [0.4, 0.5) is 0 Å². The van der Waals surface area contributed by atoms with Crippen LogP contribution in [0, 0.1) is 13.0 Å². The lowest BCUT2D eigenvalue weighted by atomic mass is 10.2. The molecular weight excluding hydrogens is 146 g/mol. The first kappa shape index (κ1) is 7.41. The van der Waals surface area contributed by atoms with E-state index in [1.165, 1.54) is 16.5 Å². The van der Waals surface area contributed by atoms with Crippen LogP contribution >= 0.6 is 0 Å². The fraction of sp³-hybridized carbons (Fsp3) is 0.273. The molecule has 0 unspecified atom stereocenters. The van der Waals surface area contributed by atoms with Gasteiger partial charge in [-0.2, -0.15) is 0 Å². The smallest absolute Gasteiger partial charge is 0.0483 e. The second-order valence-corrected chi connectivity index (χ2v) is 3.04. The number of hydrogen-bond acceptors (Lipinski definition) is 0. The Hall–Kier alpha value is -1.24. The Morgan fingerprint density at radius 3 is 3.08 bits per heavy atom. The molecule has 0 saturated heterocycles. The molecule has 2 rings (SSSR count). The summed E-state index contributed by atoms with van der Waals surface area (Å²) in [6.45, 7) is 5.34. The van der Waals surface area contributed by atoms with Crippen molar-refractivity contribution in [3.8, 4) is 0 Å². The molecule has 1 nitrogen and oxygen atoms in total. The van der Waals surface area contributed by atoms with Crippen LogP contribution < -0.4 is 0 Å². The second-order valence-electron chi connectivity index (χ2n) is 3.04. The van der Waals surface area contributed by atoms with E-state index in [1.807, 2.05) is 6.07 Å². The average Bonchev–Trinajstić information content (AvgIpc) is 2.44. The van der Waals surface area contributed by atoms with Crippen molar-refractivity contribution in [2.24, 2.45) is 0 Å². The Bertz CT molecular complexity index is 398. The van der Waals surface area contributed by atoms with Gasteiger partial charge in [-0.05, 0) is 37.6 Å². The summed E-state index contributed by atoms with van der Waals surface area (Å²) in [5.74, 6) is 0. The van der Waals surface area contributed by atoms with Gasteiger partial charge in [0.15, 0.2) is 0 Å². The van der Waals surface area contributed by atoms with Gasteiger partial charge in [0, 0.05) is 23.6 Å². The Morgan fingerprint density at radius 2 is 2.33 bits per heavy atom. The summed E-state index contributed by atoms with van der Waals surface area (Å²) in [7, 11) is 0. The molecule has 0 aliphatic heterocycles. The molecule has 0 fully saturated rings. The van der Waals surface area contributed by atoms with Crippen LogP contribution in [0.5, 0.6) is 0 Å². The van der Waals surface area contributed by atoms with E-state index < -0.39 is 0 Å². The normalized spacial score (nSPS) is 10.8. The van der Waals surface area contributed by atoms with Crippen molar-refractivity contribution in [2.75, 3.05) is 0 Å². The summed E-state index contributed by atoms with van der Waals surface area (Å²) in [4.78, 5) is 0. The molecule has 2 aromatic rings. The molecule has 1 aromatic carbocycles. The fourth-order valence-corrected chi connectivity index (χ4v) is 1.62. The molecule has 61 valence electrons. The molecule has 0 aliphatic rings. The van der Waals surface area contributed by atoms with Crippen LogP contribution in [0.3, 0.4) is 0 Å². The molecule has 0 bridgehead atoms. The van der Waals surface area contributed by atoms with Crippen LogP contribution in [-0.2, 0) is 6.54 Å². The van der Waals surface area contributed by atoms with Crippen LogP contribution in [-0.4, -0.2) is 4.57 Å². The molecule has 0 aliphatic carbocycles. The van der Waals surface area contributed by atoms with Crippen molar-refractivity contribution in [3.63, 3.8) is 0 Å². The third-order valence-corrected chi connectivity index (χ3v) is 2.27. The number of aromatic nitrogens is 1. The minimum absolute atomic E-state index is 1.04. The van der Waals surface area contributed by atoms with E-state index >= 15 is 0 Å². The molecular formula is C11H12N. The number of hydrogen-bond donors (Lipinski definition) is 0. The highest BCUT2D eigenvalue weighted by atomic mass is 14.9. The highest BCUT2D eigenvalue weighted by molar-refractivity contribution is 5.83. The minimum Gasteiger partial charge on any atom is -0.347 e. The minimum atomic E-state index is 1.04. The largest absolute Gasteiger partial charge is 0.347 e. The molecule has 0 spiro atoms. The average molecular weight is 158 g/mol. The lowest BCUT2D eigenvalue weighted by Crippen LogP contribution is -1.89. The number of nitrogens with zero attached hydrogens (tertiary/aromatic N) is 1. The van der Waals surface area contributed by atoms with Gasteiger partial charge in [-0.15, -0.1) is 0 Å². The summed E-state index contributed by atoms with van der Waals surface area (Å²) >= 11 is 0. The van der Waals surface area contributed by atoms with Crippen LogP contribution in [0.25, 0.3) is 10.9 Å². The number of rotatable bonds is 1. The molecule has 0 atom stereocenters. The van der Waals surface area contributed by atoms with Gasteiger partial charge in [0.1, 0.15) is 0 Å². The lowest BCUT2D eigenvalue weighted by Gasteiger charge is -1.97. The molecule has 1 heterocycles. The highest BCUT2D eigenvalue weighted by Gasteiger charge is 2.01. The Morgan fingerprint density at radius 1 is 1.50 bits per heavy atom. The number of aryl methyl sites for hydroxylation is 2. The van der Waals surface area contributed by atoms with Gasteiger partial charge in [-0.1, -0.05) is 6.07 Å². The lowest BCUT2D eigenvalue weighted by molar-refractivity contribution is 0.795. The van der Waals surface area contributed by atoms with Crippen molar-refractivity contribution in [1.82, 2.24) is 4.57 Å². The van der Waals surface area contributed by atoms with Gasteiger partial charge in [0.2, 0.25) is 0 Å². The molecule has 0 saturated carbocycles. The van der Waals surface area contributed by atoms with Gasteiger partial charge in [0.05, 0.1) is 0 Å². The Balaban J connectivity index is 2.82. The van der Waals surface area contributed by atoms with Crippen molar-refractivity contribution >= 4 is 10.9 Å². The van der Waals surface area contributed by atoms with E-state index in [4.69, 9.17) is 0 Å². The van der Waals surface area contributed by atoms with Crippen LogP contribution in [0.1, 0.15) is 12.5 Å². The molecule has 1 radical (unpaired) electrons. The zero-order chi connectivity index (χ0) is 8.55. The molecule has 1 aromatic heterocycles. The van der Waals surface area contributed by atoms with Gasteiger partial charge in [-0.3, -0.25) is 0 Å². The summed E-state index contributed by atoms with van der Waals surface area (Å²) < 4.78 is 2.26. The predicted octanol–water partition coefficient (Wildman–Crippen LogP) is 2.77. The van der Waals surface area contributed by atoms with E-state index in [1.54, 1.807) is 0 Å². The summed E-state index contributed by atoms with van der Waals surface area (Å²) in [6, 6.07) is 9.24. The van der Waals surface area contributed by atoms with Gasteiger partial charge in [0.25, 0.3) is 0 Å². The van der Waals surface area contributed by atoms with E-state index in [0.29, 0.717) is 0 Å². The van der Waals surface area contributed by atoms with Crippen molar-refractivity contribution in [3.05, 3.63) is 36.0 Å². The molecule has 0 amide bonds. The number of fused-ring (bicyclic) bond motifs is 1. The zero-order valence-corrected chi connectivity index (χ0v) is 7.46. The van der Waals surface area contributed by atoms with Crippen molar-refractivity contribution < 1.29 is 0 Å². The Kier molecular flexibility index (Phi) is 1.65. The third kappa shape index (κ3) is 0.934. The van der Waals surface area contributed by atoms with Gasteiger partial charge < -0.3 is 4.57 Å². The van der Waals surface area contributed by atoms with Crippen LogP contribution in [0.2, 0.25) is 0 Å². The highest BCUT2D eigenvalue weighted by Crippen LogP contribution is 2.19. The maximum atomic E-state index is 3.10. The zero-order valence-electron chi connectivity index (χ0n) is 7.46. The maximum absolute atomic E-state index is 3.10. The molecule has 12 heavy (non-hydrogen) atoms. The maximum Gasteiger partial charge on any atom is 0.0483 e. The topological polar surface area (TPSA) is 4.93 Å². The Labute approximate surface area is 72.6 Å². The quantitative estimate of drug-likeness (QED) is 0.601. The first-order valence-corrected chi connectivity index (χ1v) is 4.28. The summed E-state index contributed by atoms with van der Waals surface area (Å²) in [6.07, 6.45) is 2.19. The van der Waals surface area contributed by atoms with Gasteiger partial charge in [-0.25, -0.2) is 0 Å².